The molecule has 0 unspecified atom stereocenters. The van der Waals surface area contributed by atoms with Crippen molar-refractivity contribution in [2.45, 2.75) is 12.0 Å². The lowest BCUT2D eigenvalue weighted by Gasteiger charge is -2.39. The van der Waals surface area contributed by atoms with E-state index >= 15 is 0 Å². The zero-order chi connectivity index (χ0) is 31.2. The predicted molar refractivity (Wildman–Crippen MR) is 157 cm³/mol. The second-order valence-corrected chi connectivity index (χ2v) is 10.8. The van der Waals surface area contributed by atoms with Crippen LogP contribution in [0.25, 0.3) is 5.69 Å². The van der Waals surface area contributed by atoms with E-state index in [9.17, 15) is 9.59 Å². The molecule has 3 aliphatic rings. The number of nitrogens with one attached hydrogen (secondary N) is 1. The number of esters is 1. The van der Waals surface area contributed by atoms with Gasteiger partial charge in [-0.3, -0.25) is 9.59 Å². The molecule has 7 rings (SSSR count). The van der Waals surface area contributed by atoms with Crippen LogP contribution in [0, 0.1) is 11.8 Å². The van der Waals surface area contributed by atoms with Crippen molar-refractivity contribution < 1.29 is 42.7 Å². The number of hydrogen-bond donors (Lipinski definition) is 1. The summed E-state index contributed by atoms with van der Waals surface area (Å²) in [6.45, 7) is 0.173. The molecule has 0 saturated carbocycles. The van der Waals surface area contributed by atoms with Gasteiger partial charge in [-0.15, -0.1) is 5.10 Å². The number of amides is 1. The normalized spacial score (nSPS) is 20.9. The Morgan fingerprint density at radius 3 is 2.33 bits per heavy atom. The molecule has 1 amide bonds. The molecule has 1 aliphatic carbocycles. The Balaban J connectivity index is 1.30. The summed E-state index contributed by atoms with van der Waals surface area (Å²) in [4.78, 5) is 27.2. The number of ether oxygens (including phenoxy) is 7. The molecule has 4 aromatic rings. The molecule has 13 nitrogen and oxygen atoms in total. The van der Waals surface area contributed by atoms with Gasteiger partial charge in [-0.2, -0.15) is 0 Å². The molecule has 2 aliphatic heterocycles. The molecule has 13 heteroatoms. The smallest absolute Gasteiger partial charge is 0.310 e. The summed E-state index contributed by atoms with van der Waals surface area (Å²) in [5, 5.41) is 11.4. The van der Waals surface area contributed by atoms with Crippen LogP contribution in [0.4, 0.5) is 0 Å². The number of carbonyl (C=O) groups is 2. The number of benzene rings is 3. The SMILES string of the molecule is COc1cccc(-n2cc(C(=O)N[C@@H]3c4cc5c(cc4[C@@H](c4cc(OC)c(OC)c(OC)c4)[C@H]4C(=O)OC[C@@H]43)OCO5)nn2)c1. The van der Waals surface area contributed by atoms with Crippen LogP contribution in [0.3, 0.4) is 0 Å². The maximum Gasteiger partial charge on any atom is 0.310 e. The van der Waals surface area contributed by atoms with Gasteiger partial charge in [-0.05, 0) is 53.1 Å². The largest absolute Gasteiger partial charge is 0.497 e. The second-order valence-electron chi connectivity index (χ2n) is 10.8. The van der Waals surface area contributed by atoms with Crippen LogP contribution in [-0.2, 0) is 9.53 Å². The Bertz CT molecular complexity index is 1780. The average molecular weight is 615 g/mol. The number of aromatic nitrogens is 3. The number of methoxy groups -OCH3 is 4. The van der Waals surface area contributed by atoms with Gasteiger partial charge in [-0.1, -0.05) is 11.3 Å². The standard InChI is InChI=1S/C32H30N4O9/c1-39-18-7-5-6-17(10-18)36-13-22(34-35-36)31(37)33-29-20-12-24-23(44-15-45-24)11-19(20)27(28-21(29)14-43-32(28)38)16-8-25(40-2)30(42-4)26(9-16)41-3/h5-13,21,27-29H,14-15H2,1-4H3,(H,33,37)/t21-,27+,28-,29+/m0/s1. The maximum absolute atomic E-state index is 13.7. The number of fused-ring (bicyclic) bond motifs is 3. The second kappa shape index (κ2) is 11.2. The summed E-state index contributed by atoms with van der Waals surface area (Å²) < 4.78 is 40.7. The van der Waals surface area contributed by atoms with E-state index in [1.54, 1.807) is 19.4 Å². The van der Waals surface area contributed by atoms with E-state index < -0.39 is 29.7 Å². The summed E-state index contributed by atoms with van der Waals surface area (Å²) in [5.74, 6) is 0.709. The quantitative estimate of drug-likeness (QED) is 0.292. The van der Waals surface area contributed by atoms with Gasteiger partial charge >= 0.3 is 5.97 Å². The van der Waals surface area contributed by atoms with Gasteiger partial charge in [0.2, 0.25) is 12.5 Å². The zero-order valence-electron chi connectivity index (χ0n) is 24.9. The number of cyclic esters (lactones) is 1. The number of rotatable bonds is 8. The van der Waals surface area contributed by atoms with Crippen molar-refractivity contribution in [2.75, 3.05) is 41.8 Å². The third-order valence-corrected chi connectivity index (χ3v) is 8.56. The topological polar surface area (TPSA) is 141 Å². The lowest BCUT2D eigenvalue weighted by atomic mass is 9.65. The van der Waals surface area contributed by atoms with E-state index in [0.29, 0.717) is 40.2 Å². The fraction of sp³-hybridized carbons (Fsp3) is 0.312. The molecule has 232 valence electrons. The molecule has 1 N–H and O–H groups in total. The fourth-order valence-corrected chi connectivity index (χ4v) is 6.49. The lowest BCUT2D eigenvalue weighted by Crippen LogP contribution is -2.43. The fourth-order valence-electron chi connectivity index (χ4n) is 6.49. The van der Waals surface area contributed by atoms with E-state index in [1.165, 1.54) is 26.0 Å². The van der Waals surface area contributed by atoms with Gasteiger partial charge in [-0.25, -0.2) is 4.68 Å². The highest BCUT2D eigenvalue weighted by Crippen LogP contribution is 2.55. The van der Waals surface area contributed by atoms with E-state index in [-0.39, 0.29) is 25.1 Å². The van der Waals surface area contributed by atoms with Gasteiger partial charge in [0.05, 0.1) is 58.9 Å². The minimum absolute atomic E-state index is 0.0619. The first-order valence-corrected chi connectivity index (χ1v) is 14.2. The first-order chi connectivity index (χ1) is 21.9. The molecule has 0 radical (unpaired) electrons. The van der Waals surface area contributed by atoms with Crippen LogP contribution in [0.1, 0.15) is 39.1 Å². The van der Waals surface area contributed by atoms with Gasteiger partial charge in [0.25, 0.3) is 5.91 Å². The number of hydrogen-bond acceptors (Lipinski definition) is 11. The van der Waals surface area contributed by atoms with Crippen molar-refractivity contribution in [3.8, 4) is 40.2 Å². The Kier molecular flexibility index (Phi) is 7.07. The predicted octanol–water partition coefficient (Wildman–Crippen LogP) is 3.44. The molecule has 1 fully saturated rings. The summed E-state index contributed by atoms with van der Waals surface area (Å²) in [5.41, 5.74) is 3.09. The van der Waals surface area contributed by atoms with Crippen molar-refractivity contribution in [1.29, 1.82) is 0 Å². The van der Waals surface area contributed by atoms with Crippen LogP contribution >= 0.6 is 0 Å². The number of carbonyl (C=O) groups excluding carboxylic acids is 2. The average Bonchev–Trinajstić information content (AvgIpc) is 3.84. The monoisotopic (exact) mass is 614 g/mol. The molecule has 45 heavy (non-hydrogen) atoms. The van der Waals surface area contributed by atoms with Crippen molar-refractivity contribution in [2.24, 2.45) is 11.8 Å². The lowest BCUT2D eigenvalue weighted by molar-refractivity contribution is -0.141. The van der Waals surface area contributed by atoms with Crippen LogP contribution in [-0.4, -0.2) is 68.7 Å². The van der Waals surface area contributed by atoms with Crippen molar-refractivity contribution in [1.82, 2.24) is 20.3 Å². The molecule has 3 aromatic carbocycles. The van der Waals surface area contributed by atoms with Crippen LogP contribution in [0.15, 0.2) is 54.7 Å². The summed E-state index contributed by atoms with van der Waals surface area (Å²) in [6, 6.07) is 14.0. The van der Waals surface area contributed by atoms with E-state index in [1.807, 2.05) is 42.5 Å². The highest BCUT2D eigenvalue weighted by atomic mass is 16.7. The molecule has 0 spiro atoms. The van der Waals surface area contributed by atoms with Gasteiger partial charge in [0.15, 0.2) is 28.7 Å². The third kappa shape index (κ3) is 4.71. The van der Waals surface area contributed by atoms with Crippen LogP contribution in [0.2, 0.25) is 0 Å². The Hall–Kier alpha value is -5.46. The van der Waals surface area contributed by atoms with E-state index in [0.717, 1.165) is 16.7 Å². The molecule has 0 bridgehead atoms. The first kappa shape index (κ1) is 28.3. The van der Waals surface area contributed by atoms with E-state index in [4.69, 9.17) is 33.2 Å². The van der Waals surface area contributed by atoms with Crippen LogP contribution in [0.5, 0.6) is 34.5 Å². The minimum Gasteiger partial charge on any atom is -0.497 e. The first-order valence-electron chi connectivity index (χ1n) is 14.2. The van der Waals surface area contributed by atoms with Crippen LogP contribution < -0.4 is 33.7 Å². The molecule has 3 heterocycles. The van der Waals surface area contributed by atoms with Gasteiger partial charge in [0, 0.05) is 17.9 Å². The van der Waals surface area contributed by atoms with Crippen molar-refractivity contribution in [3.05, 3.63) is 77.1 Å². The van der Waals surface area contributed by atoms with Gasteiger partial charge in [0.1, 0.15) is 5.75 Å². The number of nitrogens with zero attached hydrogens (tertiary/aromatic N) is 3. The highest BCUT2D eigenvalue weighted by Gasteiger charge is 2.53. The summed E-state index contributed by atoms with van der Waals surface area (Å²) in [7, 11) is 6.18. The summed E-state index contributed by atoms with van der Waals surface area (Å²) >= 11 is 0. The third-order valence-electron chi connectivity index (χ3n) is 8.56. The van der Waals surface area contributed by atoms with Crippen molar-refractivity contribution >= 4 is 11.9 Å². The van der Waals surface area contributed by atoms with Crippen molar-refractivity contribution in [3.63, 3.8) is 0 Å². The highest BCUT2D eigenvalue weighted by molar-refractivity contribution is 5.92. The minimum atomic E-state index is -0.640. The molecule has 4 atom stereocenters. The zero-order valence-corrected chi connectivity index (χ0v) is 24.9. The Morgan fingerprint density at radius 1 is 0.911 bits per heavy atom. The van der Waals surface area contributed by atoms with Gasteiger partial charge < -0.3 is 38.5 Å². The molecular formula is C32H30N4O9. The van der Waals surface area contributed by atoms with E-state index in [2.05, 4.69) is 15.6 Å². The maximum atomic E-state index is 13.7. The summed E-state index contributed by atoms with van der Waals surface area (Å²) in [6.07, 6.45) is 1.54. The Morgan fingerprint density at radius 2 is 1.64 bits per heavy atom. The molecule has 1 saturated heterocycles. The molecular weight excluding hydrogens is 584 g/mol. The molecule has 1 aromatic heterocycles. The Labute approximate surface area is 257 Å².